The highest BCUT2D eigenvalue weighted by Gasteiger charge is 2.35. The van der Waals surface area contributed by atoms with Gasteiger partial charge in [-0.25, -0.2) is 0 Å². The molecule has 1 aromatic heterocycles. The maximum Gasteiger partial charge on any atom is 0.242 e. The summed E-state index contributed by atoms with van der Waals surface area (Å²) in [6.07, 6.45) is 1.77. The predicted octanol–water partition coefficient (Wildman–Crippen LogP) is 1.43. The summed E-state index contributed by atoms with van der Waals surface area (Å²) in [6, 6.07) is 5.81. The second-order valence-electron chi connectivity index (χ2n) is 5.62. The minimum Gasteiger partial charge on any atom is -0.335 e. The first kappa shape index (κ1) is 13.0. The Labute approximate surface area is 108 Å². The Morgan fingerprint density at radius 1 is 1.50 bits per heavy atom. The van der Waals surface area contributed by atoms with Crippen molar-refractivity contribution in [1.82, 2.24) is 15.2 Å². The first-order valence-corrected chi connectivity index (χ1v) is 6.43. The molecule has 0 saturated carbocycles. The molecule has 0 aliphatic carbocycles. The molecule has 1 aromatic rings. The van der Waals surface area contributed by atoms with Gasteiger partial charge < -0.3 is 10.2 Å². The molecule has 4 nitrogen and oxygen atoms in total. The molecule has 18 heavy (non-hydrogen) atoms. The summed E-state index contributed by atoms with van der Waals surface area (Å²) in [4.78, 5) is 18.7. The van der Waals surface area contributed by atoms with Gasteiger partial charge in [-0.05, 0) is 31.9 Å². The fourth-order valence-electron chi connectivity index (χ4n) is 2.25. The van der Waals surface area contributed by atoms with Crippen LogP contribution in [0.25, 0.3) is 0 Å². The molecule has 1 aliphatic rings. The monoisotopic (exact) mass is 247 g/mol. The van der Waals surface area contributed by atoms with Crippen molar-refractivity contribution >= 4 is 5.91 Å². The van der Waals surface area contributed by atoms with E-state index in [4.69, 9.17) is 0 Å². The number of hydrogen-bond acceptors (Lipinski definition) is 3. The summed E-state index contributed by atoms with van der Waals surface area (Å²) in [7, 11) is 0. The number of carbonyl (C=O) groups excluding carboxylic acids is 1. The SMILES string of the molecule is CC1CNC(C)(C)C(=O)N(Cc2ccccn2)C1. The zero-order valence-corrected chi connectivity index (χ0v) is 11.3. The first-order valence-electron chi connectivity index (χ1n) is 6.43. The zero-order valence-electron chi connectivity index (χ0n) is 11.3. The lowest BCUT2D eigenvalue weighted by atomic mass is 10.0. The summed E-state index contributed by atoms with van der Waals surface area (Å²) in [5.41, 5.74) is 0.454. The van der Waals surface area contributed by atoms with Gasteiger partial charge in [-0.15, -0.1) is 0 Å². The van der Waals surface area contributed by atoms with Crippen molar-refractivity contribution in [3.8, 4) is 0 Å². The van der Waals surface area contributed by atoms with Crippen molar-refractivity contribution in [1.29, 1.82) is 0 Å². The number of amides is 1. The zero-order chi connectivity index (χ0) is 13.2. The van der Waals surface area contributed by atoms with Gasteiger partial charge in [0.05, 0.1) is 17.8 Å². The summed E-state index contributed by atoms with van der Waals surface area (Å²) < 4.78 is 0. The van der Waals surface area contributed by atoms with Crippen molar-refractivity contribution < 1.29 is 4.79 Å². The molecule has 0 aromatic carbocycles. The molecule has 1 unspecified atom stereocenters. The molecule has 4 heteroatoms. The number of nitrogens with one attached hydrogen (secondary N) is 1. The van der Waals surface area contributed by atoms with Crippen molar-refractivity contribution in [2.75, 3.05) is 13.1 Å². The molecule has 1 amide bonds. The molecule has 1 fully saturated rings. The lowest BCUT2D eigenvalue weighted by molar-refractivity contribution is -0.136. The van der Waals surface area contributed by atoms with Crippen molar-refractivity contribution in [2.45, 2.75) is 32.9 Å². The summed E-state index contributed by atoms with van der Waals surface area (Å²) in [6.45, 7) is 8.29. The number of pyridine rings is 1. The number of nitrogens with zero attached hydrogens (tertiary/aromatic N) is 2. The Hall–Kier alpha value is -1.42. The highest BCUT2D eigenvalue weighted by molar-refractivity contribution is 5.85. The van der Waals surface area contributed by atoms with E-state index < -0.39 is 5.54 Å². The van der Waals surface area contributed by atoms with Crippen LogP contribution >= 0.6 is 0 Å². The molecule has 98 valence electrons. The minimum absolute atomic E-state index is 0.150. The van der Waals surface area contributed by atoms with Crippen LogP contribution in [0.15, 0.2) is 24.4 Å². The van der Waals surface area contributed by atoms with Crippen molar-refractivity contribution in [2.24, 2.45) is 5.92 Å². The first-order chi connectivity index (χ1) is 8.49. The summed E-state index contributed by atoms with van der Waals surface area (Å²) in [5, 5.41) is 3.32. The lowest BCUT2D eigenvalue weighted by Crippen LogP contribution is -2.51. The lowest BCUT2D eigenvalue weighted by Gasteiger charge is -2.29. The van der Waals surface area contributed by atoms with Crippen LogP contribution in [0.5, 0.6) is 0 Å². The predicted molar refractivity (Wildman–Crippen MR) is 70.9 cm³/mol. The highest BCUT2D eigenvalue weighted by Crippen LogP contribution is 2.17. The van der Waals surface area contributed by atoms with E-state index in [0.717, 1.165) is 18.8 Å². The Morgan fingerprint density at radius 2 is 2.28 bits per heavy atom. The molecule has 2 rings (SSSR count). The normalized spacial score (nSPS) is 23.8. The number of rotatable bonds is 2. The molecular weight excluding hydrogens is 226 g/mol. The van der Waals surface area contributed by atoms with Crippen LogP contribution in [0.3, 0.4) is 0 Å². The topological polar surface area (TPSA) is 45.2 Å². The summed E-state index contributed by atoms with van der Waals surface area (Å²) in [5.74, 6) is 0.608. The Kier molecular flexibility index (Phi) is 3.66. The molecule has 0 radical (unpaired) electrons. The third-order valence-electron chi connectivity index (χ3n) is 3.33. The average Bonchev–Trinajstić information content (AvgIpc) is 2.44. The summed E-state index contributed by atoms with van der Waals surface area (Å²) >= 11 is 0. The van der Waals surface area contributed by atoms with E-state index >= 15 is 0 Å². The molecule has 1 saturated heterocycles. The maximum absolute atomic E-state index is 12.5. The number of carbonyl (C=O) groups is 1. The smallest absolute Gasteiger partial charge is 0.242 e. The molecular formula is C14H21N3O. The van der Waals surface area contributed by atoms with Crippen LogP contribution in [0.1, 0.15) is 26.5 Å². The van der Waals surface area contributed by atoms with Gasteiger partial charge in [0.15, 0.2) is 0 Å². The highest BCUT2D eigenvalue weighted by atomic mass is 16.2. The van der Waals surface area contributed by atoms with E-state index in [1.54, 1.807) is 6.20 Å². The number of aromatic nitrogens is 1. The minimum atomic E-state index is -0.487. The van der Waals surface area contributed by atoms with Crippen molar-refractivity contribution in [3.05, 3.63) is 30.1 Å². The van der Waals surface area contributed by atoms with Gasteiger partial charge in [0, 0.05) is 19.3 Å². The second-order valence-corrected chi connectivity index (χ2v) is 5.62. The fourth-order valence-corrected chi connectivity index (χ4v) is 2.25. The van der Waals surface area contributed by atoms with E-state index in [1.807, 2.05) is 36.9 Å². The second kappa shape index (κ2) is 5.06. The van der Waals surface area contributed by atoms with Gasteiger partial charge in [0.25, 0.3) is 0 Å². The third-order valence-corrected chi connectivity index (χ3v) is 3.33. The van der Waals surface area contributed by atoms with Crippen LogP contribution in [0.4, 0.5) is 0 Å². The van der Waals surface area contributed by atoms with Gasteiger partial charge in [-0.1, -0.05) is 13.0 Å². The van der Waals surface area contributed by atoms with Gasteiger partial charge in [-0.3, -0.25) is 9.78 Å². The third kappa shape index (κ3) is 2.88. The molecule has 0 bridgehead atoms. The van der Waals surface area contributed by atoms with Crippen LogP contribution in [-0.4, -0.2) is 34.4 Å². The van der Waals surface area contributed by atoms with Gasteiger partial charge in [-0.2, -0.15) is 0 Å². The molecule has 1 aliphatic heterocycles. The Morgan fingerprint density at radius 3 is 2.94 bits per heavy atom. The van der Waals surface area contributed by atoms with Gasteiger partial charge >= 0.3 is 0 Å². The Balaban J connectivity index is 2.16. The quantitative estimate of drug-likeness (QED) is 0.860. The number of hydrogen-bond donors (Lipinski definition) is 1. The van der Waals surface area contributed by atoms with Crippen LogP contribution in [-0.2, 0) is 11.3 Å². The van der Waals surface area contributed by atoms with E-state index in [9.17, 15) is 4.79 Å². The molecule has 0 spiro atoms. The van der Waals surface area contributed by atoms with Crippen LogP contribution < -0.4 is 5.32 Å². The molecule has 2 heterocycles. The Bertz CT molecular complexity index is 416. The van der Waals surface area contributed by atoms with Crippen LogP contribution in [0, 0.1) is 5.92 Å². The fraction of sp³-hybridized carbons (Fsp3) is 0.571. The van der Waals surface area contributed by atoms with E-state index in [2.05, 4.69) is 17.2 Å². The molecule has 1 N–H and O–H groups in total. The standard InChI is InChI=1S/C14H21N3O/c1-11-8-16-14(2,3)13(18)17(9-11)10-12-6-4-5-7-15-12/h4-7,11,16H,8-10H2,1-3H3. The maximum atomic E-state index is 12.5. The largest absolute Gasteiger partial charge is 0.335 e. The van der Waals surface area contributed by atoms with Crippen molar-refractivity contribution in [3.63, 3.8) is 0 Å². The van der Waals surface area contributed by atoms with E-state index in [-0.39, 0.29) is 5.91 Å². The average molecular weight is 247 g/mol. The van der Waals surface area contributed by atoms with E-state index in [1.165, 1.54) is 0 Å². The van der Waals surface area contributed by atoms with Gasteiger partial charge in [0.1, 0.15) is 0 Å². The van der Waals surface area contributed by atoms with Gasteiger partial charge in [0.2, 0.25) is 5.91 Å². The van der Waals surface area contributed by atoms with Crippen LogP contribution in [0.2, 0.25) is 0 Å². The molecule has 1 atom stereocenters. The van der Waals surface area contributed by atoms with E-state index in [0.29, 0.717) is 12.5 Å².